The molecule has 0 aliphatic heterocycles. The molecule has 1 amide bonds. The SMILES string of the molecule is COCCNCCNC(=O)c1ccc(=O)n(Cc2ccccc2Cl)c1.Cl. The first-order valence-corrected chi connectivity index (χ1v) is 8.41. The Morgan fingerprint density at radius 1 is 1.15 bits per heavy atom. The fourth-order valence-electron chi connectivity index (χ4n) is 2.27. The van der Waals surface area contributed by atoms with E-state index in [1.165, 1.54) is 16.7 Å². The van der Waals surface area contributed by atoms with Gasteiger partial charge in [0, 0.05) is 44.0 Å². The second kappa shape index (κ2) is 11.7. The molecule has 0 radical (unpaired) electrons. The molecule has 0 unspecified atom stereocenters. The molecule has 0 saturated carbocycles. The predicted octanol–water partition coefficient (Wildman–Crippen LogP) is 1.94. The first-order chi connectivity index (χ1) is 12.1. The number of pyridine rings is 1. The molecule has 2 aromatic rings. The molecular formula is C18H23Cl2N3O3. The van der Waals surface area contributed by atoms with Crippen LogP contribution in [0.25, 0.3) is 0 Å². The van der Waals surface area contributed by atoms with E-state index in [1.54, 1.807) is 19.4 Å². The van der Waals surface area contributed by atoms with E-state index >= 15 is 0 Å². The van der Waals surface area contributed by atoms with Crippen LogP contribution in [0.2, 0.25) is 5.02 Å². The van der Waals surface area contributed by atoms with Gasteiger partial charge in [0.2, 0.25) is 0 Å². The van der Waals surface area contributed by atoms with Crippen LogP contribution in [0.5, 0.6) is 0 Å². The minimum Gasteiger partial charge on any atom is -0.383 e. The van der Waals surface area contributed by atoms with Gasteiger partial charge in [0.25, 0.3) is 11.5 Å². The summed E-state index contributed by atoms with van der Waals surface area (Å²) in [6, 6.07) is 10.2. The average Bonchev–Trinajstić information content (AvgIpc) is 2.61. The number of carbonyl (C=O) groups excluding carboxylic acids is 1. The van der Waals surface area contributed by atoms with Crippen LogP contribution < -0.4 is 16.2 Å². The zero-order valence-corrected chi connectivity index (χ0v) is 16.1. The molecule has 0 aliphatic rings. The van der Waals surface area contributed by atoms with Crippen LogP contribution in [0, 0.1) is 0 Å². The van der Waals surface area contributed by atoms with Crippen LogP contribution in [-0.4, -0.2) is 43.8 Å². The van der Waals surface area contributed by atoms with Gasteiger partial charge in [0.1, 0.15) is 0 Å². The van der Waals surface area contributed by atoms with Crippen LogP contribution in [0.4, 0.5) is 0 Å². The zero-order chi connectivity index (χ0) is 18.1. The molecule has 0 fully saturated rings. The van der Waals surface area contributed by atoms with Crippen LogP contribution in [0.3, 0.4) is 0 Å². The van der Waals surface area contributed by atoms with Crippen LogP contribution in [-0.2, 0) is 11.3 Å². The Bertz CT molecular complexity index is 765. The van der Waals surface area contributed by atoms with Gasteiger partial charge < -0.3 is 19.9 Å². The van der Waals surface area contributed by atoms with Crippen molar-refractivity contribution >= 4 is 29.9 Å². The summed E-state index contributed by atoms with van der Waals surface area (Å²) >= 11 is 6.14. The highest BCUT2D eigenvalue weighted by Crippen LogP contribution is 2.15. The summed E-state index contributed by atoms with van der Waals surface area (Å²) in [7, 11) is 1.64. The van der Waals surface area contributed by atoms with E-state index in [0.717, 1.165) is 12.1 Å². The van der Waals surface area contributed by atoms with Crippen molar-refractivity contribution in [2.24, 2.45) is 0 Å². The number of amides is 1. The maximum absolute atomic E-state index is 12.2. The smallest absolute Gasteiger partial charge is 0.252 e. The number of benzene rings is 1. The molecule has 2 rings (SSSR count). The largest absolute Gasteiger partial charge is 0.383 e. The minimum absolute atomic E-state index is 0. The zero-order valence-electron chi connectivity index (χ0n) is 14.5. The van der Waals surface area contributed by atoms with Gasteiger partial charge in [0.05, 0.1) is 18.7 Å². The van der Waals surface area contributed by atoms with E-state index < -0.39 is 0 Å². The number of halogens is 2. The van der Waals surface area contributed by atoms with Gasteiger partial charge in [-0.05, 0) is 17.7 Å². The summed E-state index contributed by atoms with van der Waals surface area (Å²) in [6.45, 7) is 2.81. The summed E-state index contributed by atoms with van der Waals surface area (Å²) in [6.07, 6.45) is 1.55. The third kappa shape index (κ3) is 6.80. The molecule has 142 valence electrons. The molecule has 0 saturated heterocycles. The van der Waals surface area contributed by atoms with Crippen molar-refractivity contribution < 1.29 is 9.53 Å². The van der Waals surface area contributed by atoms with Crippen LogP contribution in [0.15, 0.2) is 47.4 Å². The molecule has 1 aromatic carbocycles. The van der Waals surface area contributed by atoms with Crippen molar-refractivity contribution in [3.8, 4) is 0 Å². The highest BCUT2D eigenvalue weighted by atomic mass is 35.5. The van der Waals surface area contributed by atoms with Gasteiger partial charge in [-0.25, -0.2) is 0 Å². The maximum Gasteiger partial charge on any atom is 0.252 e. The number of carbonyl (C=O) groups is 1. The second-order valence-corrected chi connectivity index (χ2v) is 5.88. The standard InChI is InChI=1S/C18H22ClN3O3.ClH/c1-25-11-10-20-8-9-21-18(24)15-6-7-17(23)22(13-15)12-14-4-2-3-5-16(14)19;/h2-7,13,20H,8-12H2,1H3,(H,21,24);1H. The molecule has 6 nitrogen and oxygen atoms in total. The van der Waals surface area contributed by atoms with Gasteiger partial charge >= 0.3 is 0 Å². The lowest BCUT2D eigenvalue weighted by atomic mass is 10.2. The van der Waals surface area contributed by atoms with Crippen molar-refractivity contribution in [1.29, 1.82) is 0 Å². The molecule has 1 aromatic heterocycles. The Kier molecular flexibility index (Phi) is 9.98. The first-order valence-electron chi connectivity index (χ1n) is 8.03. The second-order valence-electron chi connectivity index (χ2n) is 5.47. The van der Waals surface area contributed by atoms with Gasteiger partial charge in [-0.1, -0.05) is 29.8 Å². The number of methoxy groups -OCH3 is 1. The van der Waals surface area contributed by atoms with E-state index in [-0.39, 0.29) is 23.9 Å². The van der Waals surface area contributed by atoms with Crippen molar-refractivity contribution in [3.05, 3.63) is 69.1 Å². The monoisotopic (exact) mass is 399 g/mol. The van der Waals surface area contributed by atoms with Gasteiger partial charge in [-0.3, -0.25) is 9.59 Å². The number of nitrogens with one attached hydrogen (secondary N) is 2. The fourth-order valence-corrected chi connectivity index (χ4v) is 2.46. The first kappa shape index (κ1) is 22.2. The maximum atomic E-state index is 12.2. The Labute approximate surface area is 163 Å². The third-order valence-electron chi connectivity index (χ3n) is 3.61. The molecule has 0 aliphatic carbocycles. The Balaban J connectivity index is 0.00000338. The number of aromatic nitrogens is 1. The average molecular weight is 400 g/mol. The van der Waals surface area contributed by atoms with Gasteiger partial charge in [0.15, 0.2) is 0 Å². The Hall–Kier alpha value is -1.86. The molecule has 1 heterocycles. The molecular weight excluding hydrogens is 377 g/mol. The summed E-state index contributed by atoms with van der Waals surface area (Å²) < 4.78 is 6.41. The van der Waals surface area contributed by atoms with E-state index in [0.29, 0.717) is 36.8 Å². The third-order valence-corrected chi connectivity index (χ3v) is 3.98. The summed E-state index contributed by atoms with van der Waals surface area (Å²) in [4.78, 5) is 24.2. The molecule has 0 spiro atoms. The highest BCUT2D eigenvalue weighted by molar-refractivity contribution is 6.31. The van der Waals surface area contributed by atoms with E-state index in [1.807, 2.05) is 18.2 Å². The molecule has 0 bridgehead atoms. The van der Waals surface area contributed by atoms with Crippen LogP contribution >= 0.6 is 24.0 Å². The molecule has 2 N–H and O–H groups in total. The summed E-state index contributed by atoms with van der Waals surface area (Å²) in [5, 5.41) is 6.55. The number of rotatable bonds is 9. The van der Waals surface area contributed by atoms with E-state index in [4.69, 9.17) is 16.3 Å². The van der Waals surface area contributed by atoms with E-state index in [9.17, 15) is 9.59 Å². The predicted molar refractivity (Wildman–Crippen MR) is 106 cm³/mol. The highest BCUT2D eigenvalue weighted by Gasteiger charge is 2.08. The Morgan fingerprint density at radius 2 is 1.92 bits per heavy atom. The summed E-state index contributed by atoms with van der Waals surface area (Å²) in [5.74, 6) is -0.221. The summed E-state index contributed by atoms with van der Waals surface area (Å²) in [5.41, 5.74) is 1.08. The lowest BCUT2D eigenvalue weighted by molar-refractivity contribution is 0.0953. The van der Waals surface area contributed by atoms with E-state index in [2.05, 4.69) is 10.6 Å². The van der Waals surface area contributed by atoms with Crippen molar-refractivity contribution in [2.75, 3.05) is 33.4 Å². The minimum atomic E-state index is -0.221. The van der Waals surface area contributed by atoms with Crippen LogP contribution in [0.1, 0.15) is 15.9 Å². The molecule has 0 atom stereocenters. The fraction of sp³-hybridized carbons (Fsp3) is 0.333. The lowest BCUT2D eigenvalue weighted by Gasteiger charge is -2.10. The molecule has 26 heavy (non-hydrogen) atoms. The van der Waals surface area contributed by atoms with Crippen molar-refractivity contribution in [3.63, 3.8) is 0 Å². The quantitative estimate of drug-likeness (QED) is 0.632. The Morgan fingerprint density at radius 3 is 2.65 bits per heavy atom. The van der Waals surface area contributed by atoms with Gasteiger partial charge in [-0.2, -0.15) is 0 Å². The number of hydrogen-bond donors (Lipinski definition) is 2. The molecule has 8 heteroatoms. The number of hydrogen-bond acceptors (Lipinski definition) is 4. The topological polar surface area (TPSA) is 72.4 Å². The normalized spacial score (nSPS) is 10.2. The number of nitrogens with zero attached hydrogens (tertiary/aromatic N) is 1. The van der Waals surface area contributed by atoms with Gasteiger partial charge in [-0.15, -0.1) is 12.4 Å². The number of ether oxygens (including phenoxy) is 1. The lowest BCUT2D eigenvalue weighted by Crippen LogP contribution is -2.33. The van der Waals surface area contributed by atoms with Crippen molar-refractivity contribution in [2.45, 2.75) is 6.54 Å². The van der Waals surface area contributed by atoms with Crippen molar-refractivity contribution in [1.82, 2.24) is 15.2 Å².